The number of carbonyl (C=O) groups excluding carboxylic acids is 5. The Labute approximate surface area is 425 Å². The highest BCUT2D eigenvalue weighted by Gasteiger charge is 2.55. The van der Waals surface area contributed by atoms with Crippen LogP contribution >= 0.6 is 0 Å². The van der Waals surface area contributed by atoms with E-state index in [9.17, 15) is 34.2 Å². The Morgan fingerprint density at radius 1 is 0.889 bits per heavy atom. The maximum absolute atomic E-state index is 13.9. The topological polar surface area (TPSA) is 234 Å². The number of amides is 1. The number of hydrogen-bond acceptors (Lipinski definition) is 19. The maximum Gasteiger partial charge on any atom is 0.309 e. The van der Waals surface area contributed by atoms with Gasteiger partial charge in [-0.1, -0.05) is 51.1 Å². The van der Waals surface area contributed by atoms with Gasteiger partial charge in [-0.25, -0.2) is 0 Å². The molecule has 16 atom stereocenters. The van der Waals surface area contributed by atoms with Crippen LogP contribution in [-0.4, -0.2) is 190 Å². The number of cyclic esters (lactones) is 1. The van der Waals surface area contributed by atoms with Gasteiger partial charge in [-0.3, -0.25) is 24.0 Å². The first kappa shape index (κ1) is 60.7. The number of aliphatic hydroxyl groups excluding tert-OH is 2. The lowest BCUT2D eigenvalue weighted by atomic mass is 9.82. The lowest BCUT2D eigenvalue weighted by Gasteiger charge is -2.51. The van der Waals surface area contributed by atoms with Gasteiger partial charge in [0.05, 0.1) is 36.9 Å². The zero-order valence-corrected chi connectivity index (χ0v) is 44.7. The number of rotatable bonds is 18. The van der Waals surface area contributed by atoms with Crippen LogP contribution in [0.2, 0.25) is 0 Å². The van der Waals surface area contributed by atoms with E-state index in [0.717, 1.165) is 5.56 Å². The Bertz CT molecular complexity index is 1850. The van der Waals surface area contributed by atoms with Gasteiger partial charge in [0.25, 0.3) is 0 Å². The minimum atomic E-state index is -1.45. The second kappa shape index (κ2) is 28.7. The molecular weight excluding hydrogens is 941 g/mol. The highest BCUT2D eigenvalue weighted by atomic mass is 16.7. The largest absolute Gasteiger partial charge is 0.462 e. The molecule has 20 nitrogen and oxygen atoms in total. The summed E-state index contributed by atoms with van der Waals surface area (Å²) < 4.78 is 67.5. The Morgan fingerprint density at radius 3 is 2.14 bits per heavy atom. The number of aryl methyl sites for hydroxylation is 1. The standard InChI is InChI=1S/C52H84N2O18/c1-14-40(58)68-38-27-42(60)65-31(4)23-24-54(39(57)22-21-35-19-17-16-18-20-35)29-37(56)30(3)25-36(26-43(62-11)63-12)48(49(38)64-13)71-51-46(61)45(53(9)10)47(32(5)67-51)70-44-28-52(8,72-34(7)55)50(33(6)66-44)69-41(59)15-2/h16-20,30-33,36-38,43-51,56,61H,14-15,21-29H2,1-13H3/t30-,31-,32-,33+,36-,37+,38-,44+,45-,46-,47-,48+,49+,50+,51+,52-/m1/s1. The molecule has 410 valence electrons. The highest BCUT2D eigenvalue weighted by Crippen LogP contribution is 2.40. The quantitative estimate of drug-likeness (QED) is 0.120. The molecule has 72 heavy (non-hydrogen) atoms. The molecule has 1 amide bonds. The number of esters is 4. The van der Waals surface area contributed by atoms with Gasteiger partial charge in [0.1, 0.15) is 30.5 Å². The molecule has 4 rings (SSSR count). The molecular formula is C52H84N2O18. The van der Waals surface area contributed by atoms with Crippen molar-refractivity contribution in [3.63, 3.8) is 0 Å². The average molecular weight is 1030 g/mol. The number of β-amino-alcohol motifs (C(OH)–C–C–N with tert-alkyl or cyclic N) is 1. The molecule has 0 bridgehead atoms. The molecule has 1 aromatic carbocycles. The molecule has 3 saturated heterocycles. The van der Waals surface area contributed by atoms with E-state index in [0.29, 0.717) is 6.42 Å². The van der Waals surface area contributed by atoms with Crippen molar-refractivity contribution in [2.24, 2.45) is 11.8 Å². The number of hydrogen-bond donors (Lipinski definition) is 2. The fraction of sp³-hybridized carbons (Fsp3) is 0.788. The van der Waals surface area contributed by atoms with Crippen molar-refractivity contribution < 1.29 is 86.3 Å². The molecule has 0 aromatic heterocycles. The van der Waals surface area contributed by atoms with Crippen LogP contribution in [0.25, 0.3) is 0 Å². The number of methoxy groups -OCH3 is 3. The van der Waals surface area contributed by atoms with Crippen molar-refractivity contribution in [3.8, 4) is 0 Å². The Kier molecular flexibility index (Phi) is 24.2. The van der Waals surface area contributed by atoms with Crippen LogP contribution < -0.4 is 0 Å². The van der Waals surface area contributed by atoms with Crippen LogP contribution in [0.1, 0.15) is 112 Å². The second-order valence-electron chi connectivity index (χ2n) is 19.9. The van der Waals surface area contributed by atoms with Gasteiger partial charge in [-0.05, 0) is 72.0 Å². The zero-order chi connectivity index (χ0) is 53.4. The van der Waals surface area contributed by atoms with Gasteiger partial charge < -0.3 is 72.1 Å². The van der Waals surface area contributed by atoms with E-state index in [1.54, 1.807) is 65.4 Å². The fourth-order valence-electron chi connectivity index (χ4n) is 10.1. The summed E-state index contributed by atoms with van der Waals surface area (Å²) in [6.07, 6.45) is -12.6. The predicted molar refractivity (Wildman–Crippen MR) is 260 cm³/mol. The van der Waals surface area contributed by atoms with E-state index in [2.05, 4.69) is 0 Å². The molecule has 3 aliphatic heterocycles. The molecule has 3 aliphatic rings. The number of ether oxygens (including phenoxy) is 11. The fourth-order valence-corrected chi connectivity index (χ4v) is 10.1. The SMILES string of the molecule is CCC(=O)O[C@@H]1CC(=O)O[C@H](C)CCN(C(=O)CCc2ccccc2)C[C@H](O)[C@H](C)C[C@H](CC(OC)OC)[C@H](O[C@@H]2O[C@H](C)[C@@H](O[C@H]3C[C@@](C)(OC(C)=O)[C@@H](OC(=O)CC)[C@H](C)O3)[C@H](N(C)C)[C@H]2O)[C@H]1OC. The Balaban J connectivity index is 1.75. The van der Waals surface area contributed by atoms with E-state index < -0.39 is 134 Å². The summed E-state index contributed by atoms with van der Waals surface area (Å²) >= 11 is 0. The summed E-state index contributed by atoms with van der Waals surface area (Å²) in [7, 11) is 7.86. The molecule has 0 radical (unpaired) electrons. The van der Waals surface area contributed by atoms with Crippen LogP contribution in [0.5, 0.6) is 0 Å². The smallest absolute Gasteiger partial charge is 0.309 e. The Morgan fingerprint density at radius 2 is 1.54 bits per heavy atom. The number of aliphatic hydroxyl groups is 2. The van der Waals surface area contributed by atoms with E-state index in [1.165, 1.54) is 28.3 Å². The lowest BCUT2D eigenvalue weighted by Crippen LogP contribution is -2.66. The van der Waals surface area contributed by atoms with E-state index in [1.807, 2.05) is 37.3 Å². The minimum absolute atomic E-state index is 0.0158. The van der Waals surface area contributed by atoms with Crippen LogP contribution in [0.4, 0.5) is 0 Å². The molecule has 1 aromatic rings. The van der Waals surface area contributed by atoms with Crippen molar-refractivity contribution in [1.29, 1.82) is 0 Å². The van der Waals surface area contributed by atoms with Crippen LogP contribution in [0.3, 0.4) is 0 Å². The van der Waals surface area contributed by atoms with Crippen LogP contribution in [-0.2, 0) is 82.5 Å². The first-order valence-corrected chi connectivity index (χ1v) is 25.4. The van der Waals surface area contributed by atoms with Crippen molar-refractivity contribution in [2.75, 3.05) is 48.5 Å². The monoisotopic (exact) mass is 1020 g/mol. The summed E-state index contributed by atoms with van der Waals surface area (Å²) in [6, 6.07) is 8.80. The van der Waals surface area contributed by atoms with Gasteiger partial charge >= 0.3 is 23.9 Å². The van der Waals surface area contributed by atoms with Gasteiger partial charge in [-0.15, -0.1) is 0 Å². The average Bonchev–Trinajstić information content (AvgIpc) is 3.32. The third-order valence-electron chi connectivity index (χ3n) is 14.0. The normalized spacial score (nSPS) is 34.4. The van der Waals surface area contributed by atoms with Gasteiger partial charge in [0, 0.05) is 79.9 Å². The molecule has 3 heterocycles. The number of likely N-dealkylation sites (N-methyl/N-ethyl adjacent to an activating group) is 1. The molecule has 3 fully saturated rings. The molecule has 0 aliphatic carbocycles. The second-order valence-corrected chi connectivity index (χ2v) is 19.9. The van der Waals surface area contributed by atoms with Crippen LogP contribution in [0, 0.1) is 11.8 Å². The first-order chi connectivity index (χ1) is 34.1. The lowest BCUT2D eigenvalue weighted by molar-refractivity contribution is -0.345. The summed E-state index contributed by atoms with van der Waals surface area (Å²) in [6.45, 7) is 13.4. The summed E-state index contributed by atoms with van der Waals surface area (Å²) in [5, 5.41) is 24.5. The molecule has 20 heteroatoms. The van der Waals surface area contributed by atoms with Crippen LogP contribution in [0.15, 0.2) is 30.3 Å². The highest BCUT2D eigenvalue weighted by molar-refractivity contribution is 5.76. The van der Waals surface area contributed by atoms with Crippen molar-refractivity contribution in [2.45, 2.75) is 205 Å². The van der Waals surface area contributed by atoms with Crippen molar-refractivity contribution >= 4 is 29.8 Å². The molecule has 0 unspecified atom stereocenters. The van der Waals surface area contributed by atoms with E-state index in [-0.39, 0.29) is 63.9 Å². The van der Waals surface area contributed by atoms with Crippen molar-refractivity contribution in [1.82, 2.24) is 9.80 Å². The number of nitrogens with zero attached hydrogens (tertiary/aromatic N) is 2. The number of carbonyl (C=O) groups is 5. The molecule has 0 saturated carbocycles. The number of benzene rings is 1. The minimum Gasteiger partial charge on any atom is -0.462 e. The first-order valence-electron chi connectivity index (χ1n) is 25.4. The Hall–Kier alpha value is -3.83. The van der Waals surface area contributed by atoms with Crippen molar-refractivity contribution in [3.05, 3.63) is 35.9 Å². The summed E-state index contributed by atoms with van der Waals surface area (Å²) in [4.78, 5) is 69.3. The predicted octanol–water partition coefficient (Wildman–Crippen LogP) is 4.11. The third kappa shape index (κ3) is 17.1. The van der Waals surface area contributed by atoms with Gasteiger partial charge in [0.2, 0.25) is 5.91 Å². The summed E-state index contributed by atoms with van der Waals surface area (Å²) in [5.74, 6) is -3.78. The maximum atomic E-state index is 13.9. The van der Waals surface area contributed by atoms with Gasteiger partial charge in [-0.2, -0.15) is 0 Å². The van der Waals surface area contributed by atoms with Gasteiger partial charge in [0.15, 0.2) is 30.6 Å². The molecule has 0 spiro atoms. The van der Waals surface area contributed by atoms with E-state index >= 15 is 0 Å². The third-order valence-corrected chi connectivity index (χ3v) is 14.0. The zero-order valence-electron chi connectivity index (χ0n) is 44.7. The van der Waals surface area contributed by atoms with E-state index in [4.69, 9.17) is 52.1 Å². The molecule has 2 N–H and O–H groups in total. The summed E-state index contributed by atoms with van der Waals surface area (Å²) in [5.41, 5.74) is -0.341.